The van der Waals surface area contributed by atoms with Crippen molar-refractivity contribution in [1.29, 1.82) is 0 Å². The van der Waals surface area contributed by atoms with Crippen LogP contribution >= 0.6 is 0 Å². The van der Waals surface area contributed by atoms with E-state index in [-0.39, 0.29) is 30.2 Å². The third-order valence-electron chi connectivity index (χ3n) is 4.18. The molecule has 1 N–H and O–H groups in total. The summed E-state index contributed by atoms with van der Waals surface area (Å²) < 4.78 is 52.9. The molecule has 7 nitrogen and oxygen atoms in total. The van der Waals surface area contributed by atoms with E-state index in [1.807, 2.05) is 0 Å². The van der Waals surface area contributed by atoms with Crippen LogP contribution in [-0.4, -0.2) is 61.2 Å². The largest absolute Gasteiger partial charge is 0.322 e. The number of hydrogen-bond acceptors (Lipinski definition) is 5. The number of nitrogens with one attached hydrogen (secondary N) is 1. The third-order valence-corrected chi connectivity index (χ3v) is 6.06. The highest BCUT2D eigenvalue weighted by atomic mass is 32.2. The molecule has 1 aliphatic rings. The molecular weight excluding hydrogens is 378 g/mol. The SMILES string of the molecule is O=C(CN1CCN(S(=O)(=O)c2cccnc2)CC1)Nc1ccc(F)cc1F. The minimum absolute atomic E-state index is 0.0163. The molecular formula is C17H18F2N4O3S. The highest BCUT2D eigenvalue weighted by molar-refractivity contribution is 7.89. The lowest BCUT2D eigenvalue weighted by Crippen LogP contribution is -2.50. The number of pyridine rings is 1. The minimum atomic E-state index is -3.61. The van der Waals surface area contributed by atoms with Crippen molar-refractivity contribution in [2.45, 2.75) is 4.90 Å². The zero-order valence-electron chi connectivity index (χ0n) is 14.3. The lowest BCUT2D eigenvalue weighted by molar-refractivity contribution is -0.117. The number of piperazine rings is 1. The van der Waals surface area contributed by atoms with Gasteiger partial charge in [-0.05, 0) is 24.3 Å². The van der Waals surface area contributed by atoms with E-state index < -0.39 is 27.6 Å². The van der Waals surface area contributed by atoms with Gasteiger partial charge in [-0.2, -0.15) is 4.31 Å². The second-order valence-electron chi connectivity index (χ2n) is 6.04. The summed E-state index contributed by atoms with van der Waals surface area (Å²) in [6.07, 6.45) is 2.80. The molecule has 144 valence electrons. The molecule has 0 unspecified atom stereocenters. The standard InChI is InChI=1S/C17H18F2N4O3S/c18-13-3-4-16(15(19)10-13)21-17(24)12-22-6-8-23(9-7-22)27(25,26)14-2-1-5-20-11-14/h1-5,10-11H,6-9,12H2,(H,21,24). The molecule has 0 spiro atoms. The molecule has 0 bridgehead atoms. The number of amides is 1. The zero-order chi connectivity index (χ0) is 19.4. The number of nitrogens with zero attached hydrogens (tertiary/aromatic N) is 3. The first-order valence-electron chi connectivity index (χ1n) is 8.24. The minimum Gasteiger partial charge on any atom is -0.322 e. The molecule has 1 aliphatic heterocycles. The number of carbonyl (C=O) groups excluding carboxylic acids is 1. The Kier molecular flexibility index (Phi) is 5.78. The molecule has 1 saturated heterocycles. The first-order valence-corrected chi connectivity index (χ1v) is 9.68. The Morgan fingerprint density at radius 1 is 1.15 bits per heavy atom. The van der Waals surface area contributed by atoms with Crippen molar-refractivity contribution in [1.82, 2.24) is 14.2 Å². The Morgan fingerprint density at radius 2 is 1.89 bits per heavy atom. The quantitative estimate of drug-likeness (QED) is 0.824. The average Bonchev–Trinajstić information content (AvgIpc) is 2.65. The van der Waals surface area contributed by atoms with Crippen molar-refractivity contribution in [2.24, 2.45) is 0 Å². The Morgan fingerprint density at radius 3 is 2.52 bits per heavy atom. The number of anilines is 1. The number of halogens is 2. The van der Waals surface area contributed by atoms with Gasteiger partial charge in [-0.15, -0.1) is 0 Å². The van der Waals surface area contributed by atoms with Gasteiger partial charge in [0.25, 0.3) is 0 Å². The van der Waals surface area contributed by atoms with Gasteiger partial charge in [-0.1, -0.05) is 0 Å². The van der Waals surface area contributed by atoms with Crippen LogP contribution < -0.4 is 5.32 Å². The Hall–Kier alpha value is -2.43. The monoisotopic (exact) mass is 396 g/mol. The number of carbonyl (C=O) groups is 1. The average molecular weight is 396 g/mol. The summed E-state index contributed by atoms with van der Waals surface area (Å²) in [6, 6.07) is 5.95. The topological polar surface area (TPSA) is 82.6 Å². The predicted octanol–water partition coefficient (Wildman–Crippen LogP) is 1.30. The van der Waals surface area contributed by atoms with Crippen LogP contribution in [0.25, 0.3) is 0 Å². The molecule has 2 heterocycles. The van der Waals surface area contributed by atoms with Crippen LogP contribution in [0.1, 0.15) is 0 Å². The smallest absolute Gasteiger partial charge is 0.244 e. The van der Waals surface area contributed by atoms with E-state index >= 15 is 0 Å². The lowest BCUT2D eigenvalue weighted by Gasteiger charge is -2.33. The molecule has 1 aromatic carbocycles. The van der Waals surface area contributed by atoms with Gasteiger partial charge in [0, 0.05) is 44.6 Å². The maximum atomic E-state index is 13.6. The molecule has 1 amide bonds. The molecule has 0 atom stereocenters. The second kappa shape index (κ2) is 8.07. The van der Waals surface area contributed by atoms with Gasteiger partial charge >= 0.3 is 0 Å². The molecule has 1 aromatic heterocycles. The van der Waals surface area contributed by atoms with Gasteiger partial charge in [0.1, 0.15) is 16.5 Å². The van der Waals surface area contributed by atoms with Gasteiger partial charge in [0.15, 0.2) is 0 Å². The third kappa shape index (κ3) is 4.65. The summed E-state index contributed by atoms with van der Waals surface area (Å²) in [6.45, 7) is 1.17. The van der Waals surface area contributed by atoms with Gasteiger partial charge < -0.3 is 5.32 Å². The van der Waals surface area contributed by atoms with Gasteiger partial charge in [-0.25, -0.2) is 17.2 Å². The predicted molar refractivity (Wildman–Crippen MR) is 94.4 cm³/mol. The fourth-order valence-corrected chi connectivity index (χ4v) is 4.15. The van der Waals surface area contributed by atoms with Crippen molar-refractivity contribution >= 4 is 21.6 Å². The number of rotatable bonds is 5. The van der Waals surface area contributed by atoms with Crippen LogP contribution in [0.15, 0.2) is 47.6 Å². The molecule has 27 heavy (non-hydrogen) atoms. The number of benzene rings is 1. The fraction of sp³-hybridized carbons (Fsp3) is 0.294. The van der Waals surface area contributed by atoms with Crippen LogP contribution in [0.5, 0.6) is 0 Å². The van der Waals surface area contributed by atoms with Crippen LogP contribution in [0.4, 0.5) is 14.5 Å². The summed E-state index contributed by atoms with van der Waals surface area (Å²) in [5.41, 5.74) is -0.0980. The van der Waals surface area contributed by atoms with Crippen LogP contribution in [0.2, 0.25) is 0 Å². The van der Waals surface area contributed by atoms with Crippen molar-refractivity contribution in [3.8, 4) is 0 Å². The normalized spacial score (nSPS) is 16.2. The van der Waals surface area contributed by atoms with Gasteiger partial charge in [-0.3, -0.25) is 14.7 Å². The summed E-state index contributed by atoms with van der Waals surface area (Å²) in [5, 5.41) is 2.39. The Bertz CT molecular complexity index is 917. The van der Waals surface area contributed by atoms with Crippen molar-refractivity contribution in [3.63, 3.8) is 0 Å². The number of aromatic nitrogens is 1. The molecule has 1 fully saturated rings. The fourth-order valence-electron chi connectivity index (χ4n) is 2.76. The first-order chi connectivity index (χ1) is 12.9. The molecule has 0 aliphatic carbocycles. The molecule has 10 heteroatoms. The van der Waals surface area contributed by atoms with Crippen LogP contribution in [0, 0.1) is 11.6 Å². The van der Waals surface area contributed by atoms with Crippen LogP contribution in [-0.2, 0) is 14.8 Å². The number of sulfonamides is 1. The van der Waals surface area contributed by atoms with Gasteiger partial charge in [0.2, 0.25) is 15.9 Å². The summed E-state index contributed by atoms with van der Waals surface area (Å²) in [5.74, 6) is -2.03. The Labute approximate surface area is 155 Å². The second-order valence-corrected chi connectivity index (χ2v) is 7.98. The van der Waals surface area contributed by atoms with Crippen LogP contribution in [0.3, 0.4) is 0 Å². The van der Waals surface area contributed by atoms with Crippen molar-refractivity contribution < 1.29 is 22.0 Å². The van der Waals surface area contributed by atoms with E-state index in [4.69, 9.17) is 0 Å². The first kappa shape index (κ1) is 19.3. The highest BCUT2D eigenvalue weighted by Gasteiger charge is 2.29. The maximum Gasteiger partial charge on any atom is 0.244 e. The van der Waals surface area contributed by atoms with E-state index in [1.54, 1.807) is 11.0 Å². The molecule has 0 saturated carbocycles. The molecule has 0 radical (unpaired) electrons. The van der Waals surface area contributed by atoms with E-state index in [2.05, 4.69) is 10.3 Å². The van der Waals surface area contributed by atoms with E-state index in [9.17, 15) is 22.0 Å². The van der Waals surface area contributed by atoms with Gasteiger partial charge in [0.05, 0.1) is 12.2 Å². The van der Waals surface area contributed by atoms with E-state index in [0.29, 0.717) is 19.2 Å². The highest BCUT2D eigenvalue weighted by Crippen LogP contribution is 2.17. The van der Waals surface area contributed by atoms with Crippen molar-refractivity contribution in [3.05, 3.63) is 54.4 Å². The van der Waals surface area contributed by atoms with Crippen molar-refractivity contribution in [2.75, 3.05) is 38.0 Å². The zero-order valence-corrected chi connectivity index (χ0v) is 15.1. The lowest BCUT2D eigenvalue weighted by atomic mass is 10.3. The number of hydrogen-bond donors (Lipinski definition) is 1. The van der Waals surface area contributed by atoms with E-state index in [1.165, 1.54) is 22.8 Å². The summed E-state index contributed by atoms with van der Waals surface area (Å²) in [7, 11) is -3.61. The summed E-state index contributed by atoms with van der Waals surface area (Å²) >= 11 is 0. The Balaban J connectivity index is 1.54. The molecule has 2 aromatic rings. The van der Waals surface area contributed by atoms with E-state index in [0.717, 1.165) is 12.1 Å². The molecule has 3 rings (SSSR count). The maximum absolute atomic E-state index is 13.6. The summed E-state index contributed by atoms with van der Waals surface area (Å²) in [4.78, 5) is 17.8.